The molecule has 4 rings (SSSR count). The molecule has 0 spiro atoms. The number of hydrogen-bond acceptors (Lipinski definition) is 4. The lowest BCUT2D eigenvalue weighted by Gasteiger charge is -2.38. The molecule has 4 nitrogen and oxygen atoms in total. The molecule has 0 atom stereocenters. The van der Waals surface area contributed by atoms with Gasteiger partial charge in [0.15, 0.2) is 0 Å². The molecule has 1 aliphatic rings. The zero-order valence-corrected chi connectivity index (χ0v) is 14.6. The molecule has 0 unspecified atom stereocenters. The Bertz CT molecular complexity index is 849. The molecule has 4 heteroatoms. The van der Waals surface area contributed by atoms with Gasteiger partial charge in [-0.05, 0) is 25.0 Å². The van der Waals surface area contributed by atoms with Crippen LogP contribution in [0.1, 0.15) is 36.7 Å². The fraction of sp³-hybridized carbons (Fsp3) is 0.381. The summed E-state index contributed by atoms with van der Waals surface area (Å²) < 4.78 is 6.02. The standard InChI is InChI=1S/C21H24N2O2/c1-2-19-18(17-7-3-4-8-20(17)25-19)15-23-12-9-21(24,10-13-23)16-6-5-11-22-14-16/h3-8,11,14,24H,2,9-10,12-13,15H2,1H3. The molecule has 1 N–H and O–H groups in total. The van der Waals surface area contributed by atoms with Crippen LogP contribution in [-0.4, -0.2) is 28.1 Å². The predicted octanol–water partition coefficient (Wildman–Crippen LogP) is 3.87. The highest BCUT2D eigenvalue weighted by Crippen LogP contribution is 2.34. The number of likely N-dealkylation sites (tertiary alicyclic amines) is 1. The van der Waals surface area contributed by atoms with E-state index in [1.807, 2.05) is 24.3 Å². The van der Waals surface area contributed by atoms with Gasteiger partial charge in [0.1, 0.15) is 11.3 Å². The average Bonchev–Trinajstić information content (AvgIpc) is 3.02. The summed E-state index contributed by atoms with van der Waals surface area (Å²) in [7, 11) is 0. The molecule has 3 heterocycles. The summed E-state index contributed by atoms with van der Waals surface area (Å²) in [5.41, 5.74) is 2.44. The maximum Gasteiger partial charge on any atom is 0.134 e. The molecule has 0 saturated carbocycles. The van der Waals surface area contributed by atoms with E-state index in [1.54, 1.807) is 12.4 Å². The van der Waals surface area contributed by atoms with Gasteiger partial charge in [0, 0.05) is 55.0 Å². The number of nitrogens with zero attached hydrogens (tertiary/aromatic N) is 2. The van der Waals surface area contributed by atoms with Gasteiger partial charge < -0.3 is 9.52 Å². The number of hydrogen-bond donors (Lipinski definition) is 1. The van der Waals surface area contributed by atoms with Crippen molar-refractivity contribution in [2.75, 3.05) is 13.1 Å². The van der Waals surface area contributed by atoms with Crippen LogP contribution < -0.4 is 0 Å². The van der Waals surface area contributed by atoms with Gasteiger partial charge in [0.2, 0.25) is 0 Å². The van der Waals surface area contributed by atoms with Crippen molar-refractivity contribution in [1.82, 2.24) is 9.88 Å². The van der Waals surface area contributed by atoms with Crippen LogP contribution in [0.5, 0.6) is 0 Å². The normalized spacial score (nSPS) is 17.8. The van der Waals surface area contributed by atoms with Gasteiger partial charge in [0.25, 0.3) is 0 Å². The van der Waals surface area contributed by atoms with E-state index < -0.39 is 5.60 Å². The molecular formula is C21H24N2O2. The maximum atomic E-state index is 11.0. The first-order valence-corrected chi connectivity index (χ1v) is 9.04. The Kier molecular flexibility index (Phi) is 4.32. The lowest BCUT2D eigenvalue weighted by Crippen LogP contribution is -2.42. The summed E-state index contributed by atoms with van der Waals surface area (Å²) in [5.74, 6) is 1.08. The van der Waals surface area contributed by atoms with E-state index >= 15 is 0 Å². The molecule has 25 heavy (non-hydrogen) atoms. The number of para-hydroxylation sites is 1. The Morgan fingerprint density at radius 2 is 1.96 bits per heavy atom. The molecule has 1 saturated heterocycles. The van der Waals surface area contributed by atoms with Crippen LogP contribution >= 0.6 is 0 Å². The fourth-order valence-electron chi connectivity index (χ4n) is 3.84. The molecule has 1 aliphatic heterocycles. The number of furan rings is 1. The Labute approximate surface area is 148 Å². The highest BCUT2D eigenvalue weighted by molar-refractivity contribution is 5.82. The van der Waals surface area contributed by atoms with E-state index in [0.717, 1.165) is 55.8 Å². The first-order chi connectivity index (χ1) is 12.2. The molecule has 0 aliphatic carbocycles. The van der Waals surface area contributed by atoms with Crippen molar-refractivity contribution >= 4 is 11.0 Å². The monoisotopic (exact) mass is 336 g/mol. The summed E-state index contributed by atoms with van der Waals surface area (Å²) in [6.07, 6.45) is 5.90. The van der Waals surface area contributed by atoms with Crippen molar-refractivity contribution in [3.05, 3.63) is 65.7 Å². The molecule has 130 valence electrons. The number of fused-ring (bicyclic) bond motifs is 1. The van der Waals surface area contributed by atoms with E-state index in [-0.39, 0.29) is 0 Å². The van der Waals surface area contributed by atoms with Gasteiger partial charge in [-0.15, -0.1) is 0 Å². The zero-order valence-electron chi connectivity index (χ0n) is 14.6. The highest BCUT2D eigenvalue weighted by atomic mass is 16.3. The molecule has 2 aromatic heterocycles. The number of aryl methyl sites for hydroxylation is 1. The Morgan fingerprint density at radius 1 is 1.16 bits per heavy atom. The topological polar surface area (TPSA) is 49.5 Å². The van der Waals surface area contributed by atoms with Crippen LogP contribution in [0.4, 0.5) is 0 Å². The van der Waals surface area contributed by atoms with Crippen molar-refractivity contribution in [2.24, 2.45) is 0 Å². The third kappa shape index (κ3) is 3.08. The van der Waals surface area contributed by atoms with Crippen molar-refractivity contribution in [2.45, 2.75) is 38.3 Å². The van der Waals surface area contributed by atoms with Gasteiger partial charge in [0.05, 0.1) is 5.60 Å². The molecule has 1 aromatic carbocycles. The summed E-state index contributed by atoms with van der Waals surface area (Å²) in [4.78, 5) is 6.57. The minimum atomic E-state index is -0.753. The third-order valence-corrected chi connectivity index (χ3v) is 5.37. The summed E-state index contributed by atoms with van der Waals surface area (Å²) in [6, 6.07) is 12.1. The van der Waals surface area contributed by atoms with Crippen LogP contribution in [0.25, 0.3) is 11.0 Å². The number of aromatic nitrogens is 1. The second-order valence-electron chi connectivity index (χ2n) is 6.90. The van der Waals surface area contributed by atoms with Gasteiger partial charge in [-0.25, -0.2) is 0 Å². The first-order valence-electron chi connectivity index (χ1n) is 9.04. The molecule has 0 radical (unpaired) electrons. The molecule has 3 aromatic rings. The van der Waals surface area contributed by atoms with Crippen LogP contribution in [-0.2, 0) is 18.6 Å². The summed E-state index contributed by atoms with van der Waals surface area (Å²) in [5, 5.41) is 12.2. The second kappa shape index (κ2) is 6.62. The van der Waals surface area contributed by atoms with Crippen LogP contribution in [0.2, 0.25) is 0 Å². The summed E-state index contributed by atoms with van der Waals surface area (Å²) >= 11 is 0. The lowest BCUT2D eigenvalue weighted by molar-refractivity contribution is -0.0279. The van der Waals surface area contributed by atoms with E-state index in [1.165, 1.54) is 10.9 Å². The van der Waals surface area contributed by atoms with Crippen LogP contribution in [0, 0.1) is 0 Å². The van der Waals surface area contributed by atoms with Gasteiger partial charge in [-0.2, -0.15) is 0 Å². The Hall–Kier alpha value is -2.17. The van der Waals surface area contributed by atoms with Gasteiger partial charge >= 0.3 is 0 Å². The van der Waals surface area contributed by atoms with Crippen LogP contribution in [0.15, 0.2) is 53.2 Å². The fourth-order valence-corrected chi connectivity index (χ4v) is 3.84. The minimum Gasteiger partial charge on any atom is -0.461 e. The molecular weight excluding hydrogens is 312 g/mol. The third-order valence-electron chi connectivity index (χ3n) is 5.37. The van der Waals surface area contributed by atoms with E-state index in [4.69, 9.17) is 4.42 Å². The smallest absolute Gasteiger partial charge is 0.134 e. The van der Waals surface area contributed by atoms with Crippen molar-refractivity contribution < 1.29 is 9.52 Å². The quantitative estimate of drug-likeness (QED) is 0.786. The molecule has 1 fully saturated rings. The van der Waals surface area contributed by atoms with E-state index in [2.05, 4.69) is 28.9 Å². The predicted molar refractivity (Wildman–Crippen MR) is 98.2 cm³/mol. The van der Waals surface area contributed by atoms with Gasteiger partial charge in [-0.1, -0.05) is 31.2 Å². The van der Waals surface area contributed by atoms with Crippen molar-refractivity contribution in [3.8, 4) is 0 Å². The largest absolute Gasteiger partial charge is 0.461 e. The Morgan fingerprint density at radius 3 is 2.68 bits per heavy atom. The number of rotatable bonds is 4. The number of piperidine rings is 1. The Balaban J connectivity index is 1.51. The zero-order chi connectivity index (χ0) is 17.3. The molecule has 0 amide bonds. The SMILES string of the molecule is CCc1oc2ccccc2c1CN1CCC(O)(c2cccnc2)CC1. The van der Waals surface area contributed by atoms with Crippen LogP contribution in [0.3, 0.4) is 0 Å². The highest BCUT2D eigenvalue weighted by Gasteiger charge is 2.34. The summed E-state index contributed by atoms with van der Waals surface area (Å²) in [6.45, 7) is 4.75. The van der Waals surface area contributed by atoms with Crippen molar-refractivity contribution in [1.29, 1.82) is 0 Å². The first kappa shape index (κ1) is 16.3. The number of benzene rings is 1. The minimum absolute atomic E-state index is 0.732. The maximum absolute atomic E-state index is 11.0. The van der Waals surface area contributed by atoms with Gasteiger partial charge in [-0.3, -0.25) is 9.88 Å². The average molecular weight is 336 g/mol. The van der Waals surface area contributed by atoms with Crippen molar-refractivity contribution in [3.63, 3.8) is 0 Å². The molecule has 0 bridgehead atoms. The number of pyridine rings is 1. The van der Waals surface area contributed by atoms with E-state index in [9.17, 15) is 5.11 Å². The number of aliphatic hydroxyl groups is 1. The van der Waals surface area contributed by atoms with E-state index in [0.29, 0.717) is 0 Å². The second-order valence-corrected chi connectivity index (χ2v) is 6.90. The lowest BCUT2D eigenvalue weighted by atomic mass is 9.85.